The Morgan fingerprint density at radius 2 is 1.81 bits per heavy atom. The molecular weight excluding hydrogens is 406 g/mol. The van der Waals surface area contributed by atoms with Gasteiger partial charge in [0.1, 0.15) is 17.8 Å². The fourth-order valence-electron chi connectivity index (χ4n) is 3.11. The van der Waals surface area contributed by atoms with E-state index in [9.17, 15) is 19.7 Å². The summed E-state index contributed by atoms with van der Waals surface area (Å²) in [6, 6.07) is 7.13. The molecule has 9 nitrogen and oxygen atoms in total. The van der Waals surface area contributed by atoms with Crippen LogP contribution < -0.4 is 15.1 Å². The standard InChI is InChI=1S/C22H21NO8/c1-5-29-20-10-17(23(26)27)16(9-19(20)28-4)22(25)30-11-14-8-21(24)31-18-7-13(3)12(2)6-15(14)18/h6-10H,5,11H2,1-4H3. The molecule has 9 heteroatoms. The van der Waals surface area contributed by atoms with Crippen LogP contribution in [0.3, 0.4) is 0 Å². The first-order valence-electron chi connectivity index (χ1n) is 9.45. The molecule has 0 unspecified atom stereocenters. The maximum atomic E-state index is 12.7. The van der Waals surface area contributed by atoms with Gasteiger partial charge in [0.25, 0.3) is 5.69 Å². The van der Waals surface area contributed by atoms with Gasteiger partial charge in [-0.15, -0.1) is 0 Å². The van der Waals surface area contributed by atoms with Crippen LogP contribution >= 0.6 is 0 Å². The summed E-state index contributed by atoms with van der Waals surface area (Å²) in [5.41, 5.74) is 1.37. The molecule has 3 aromatic rings. The van der Waals surface area contributed by atoms with Gasteiger partial charge >= 0.3 is 11.6 Å². The number of fused-ring (bicyclic) bond motifs is 1. The molecule has 0 atom stereocenters. The number of rotatable bonds is 7. The molecule has 3 rings (SSSR count). The maximum absolute atomic E-state index is 12.7. The summed E-state index contributed by atoms with van der Waals surface area (Å²) in [6.07, 6.45) is 0. The second-order valence-corrected chi connectivity index (χ2v) is 6.81. The number of benzene rings is 2. The van der Waals surface area contributed by atoms with Crippen LogP contribution in [-0.2, 0) is 11.3 Å². The second kappa shape index (κ2) is 8.86. The molecule has 0 saturated heterocycles. The molecule has 0 radical (unpaired) electrons. The van der Waals surface area contributed by atoms with Gasteiger partial charge in [0.15, 0.2) is 11.5 Å². The minimum Gasteiger partial charge on any atom is -0.493 e. The Morgan fingerprint density at radius 3 is 2.45 bits per heavy atom. The third-order valence-corrected chi connectivity index (χ3v) is 4.80. The van der Waals surface area contributed by atoms with Crippen LogP contribution in [0.2, 0.25) is 0 Å². The van der Waals surface area contributed by atoms with Crippen LogP contribution in [-0.4, -0.2) is 24.6 Å². The van der Waals surface area contributed by atoms with Crippen molar-refractivity contribution < 1.29 is 28.3 Å². The highest BCUT2D eigenvalue weighted by molar-refractivity contribution is 5.95. The number of nitro benzene ring substituents is 1. The lowest BCUT2D eigenvalue weighted by molar-refractivity contribution is -0.385. The third-order valence-electron chi connectivity index (χ3n) is 4.80. The average Bonchev–Trinajstić information content (AvgIpc) is 2.72. The summed E-state index contributed by atoms with van der Waals surface area (Å²) in [7, 11) is 1.36. The predicted molar refractivity (Wildman–Crippen MR) is 112 cm³/mol. The molecule has 0 aliphatic rings. The number of hydrogen-bond donors (Lipinski definition) is 0. The maximum Gasteiger partial charge on any atom is 0.345 e. The highest BCUT2D eigenvalue weighted by atomic mass is 16.6. The minimum atomic E-state index is -0.932. The molecule has 0 bridgehead atoms. The van der Waals surface area contributed by atoms with Gasteiger partial charge in [0, 0.05) is 23.1 Å². The Morgan fingerprint density at radius 1 is 1.10 bits per heavy atom. The lowest BCUT2D eigenvalue weighted by Crippen LogP contribution is -2.11. The van der Waals surface area contributed by atoms with Crippen molar-refractivity contribution in [2.45, 2.75) is 27.4 Å². The van der Waals surface area contributed by atoms with E-state index in [1.807, 2.05) is 19.9 Å². The van der Waals surface area contributed by atoms with Gasteiger partial charge in [0.2, 0.25) is 0 Å². The highest BCUT2D eigenvalue weighted by Gasteiger charge is 2.26. The van der Waals surface area contributed by atoms with Gasteiger partial charge in [-0.2, -0.15) is 0 Å². The lowest BCUT2D eigenvalue weighted by Gasteiger charge is -2.12. The van der Waals surface area contributed by atoms with E-state index < -0.39 is 22.2 Å². The zero-order chi connectivity index (χ0) is 22.7. The molecule has 0 spiro atoms. The summed E-state index contributed by atoms with van der Waals surface area (Å²) < 4.78 is 21.1. The van der Waals surface area contributed by atoms with Crippen LogP contribution in [0.1, 0.15) is 34.0 Å². The number of esters is 1. The van der Waals surface area contributed by atoms with E-state index >= 15 is 0 Å². The van der Waals surface area contributed by atoms with Crippen molar-refractivity contribution in [2.75, 3.05) is 13.7 Å². The Balaban J connectivity index is 1.97. The van der Waals surface area contributed by atoms with Crippen molar-refractivity contribution >= 4 is 22.6 Å². The number of nitrogens with zero attached hydrogens (tertiary/aromatic N) is 1. The summed E-state index contributed by atoms with van der Waals surface area (Å²) in [5.74, 6) is -0.625. The van der Waals surface area contributed by atoms with Gasteiger partial charge in [-0.05, 0) is 44.0 Å². The monoisotopic (exact) mass is 427 g/mol. The second-order valence-electron chi connectivity index (χ2n) is 6.81. The van der Waals surface area contributed by atoms with Crippen LogP contribution in [0.4, 0.5) is 5.69 Å². The van der Waals surface area contributed by atoms with E-state index in [0.717, 1.165) is 17.2 Å². The molecule has 162 valence electrons. The molecule has 0 fully saturated rings. The Labute approximate surface area is 177 Å². The van der Waals surface area contributed by atoms with Gasteiger partial charge < -0.3 is 18.6 Å². The van der Waals surface area contributed by atoms with E-state index in [2.05, 4.69) is 0 Å². The quantitative estimate of drug-likeness (QED) is 0.239. The first-order valence-corrected chi connectivity index (χ1v) is 9.45. The number of ether oxygens (including phenoxy) is 3. The number of nitro groups is 1. The Hall–Kier alpha value is -3.88. The summed E-state index contributed by atoms with van der Waals surface area (Å²) in [6.45, 7) is 5.51. The van der Waals surface area contributed by atoms with E-state index in [1.165, 1.54) is 19.2 Å². The van der Waals surface area contributed by atoms with E-state index in [4.69, 9.17) is 18.6 Å². The fraction of sp³-hybridized carbons (Fsp3) is 0.273. The molecule has 1 aromatic heterocycles. The summed E-state index contributed by atoms with van der Waals surface area (Å²) in [5, 5.41) is 12.1. The number of carbonyl (C=O) groups is 1. The first kappa shape index (κ1) is 21.8. The average molecular weight is 427 g/mol. The molecule has 0 aliphatic carbocycles. The van der Waals surface area contributed by atoms with E-state index in [1.54, 1.807) is 13.0 Å². The smallest absolute Gasteiger partial charge is 0.345 e. The highest BCUT2D eigenvalue weighted by Crippen LogP contribution is 2.35. The SMILES string of the molecule is CCOc1cc([N+](=O)[O-])c(C(=O)OCc2cc(=O)oc3cc(C)c(C)cc23)cc1OC. The van der Waals surface area contributed by atoms with Gasteiger partial charge in [-0.25, -0.2) is 9.59 Å². The van der Waals surface area contributed by atoms with Gasteiger partial charge in [0.05, 0.1) is 24.7 Å². The van der Waals surface area contributed by atoms with Crippen molar-refractivity contribution in [1.29, 1.82) is 0 Å². The predicted octanol–water partition coefficient (Wildman–Crippen LogP) is 4.08. The fourth-order valence-corrected chi connectivity index (χ4v) is 3.11. The summed E-state index contributed by atoms with van der Waals surface area (Å²) >= 11 is 0. The van der Waals surface area contributed by atoms with Crippen LogP contribution in [0.25, 0.3) is 11.0 Å². The Bertz CT molecular complexity index is 1230. The first-order chi connectivity index (χ1) is 14.7. The molecule has 31 heavy (non-hydrogen) atoms. The van der Waals surface area contributed by atoms with Gasteiger partial charge in [-0.3, -0.25) is 10.1 Å². The molecule has 2 aromatic carbocycles. The van der Waals surface area contributed by atoms with Crippen LogP contribution in [0.5, 0.6) is 11.5 Å². The van der Waals surface area contributed by atoms with Crippen molar-refractivity contribution in [3.63, 3.8) is 0 Å². The minimum absolute atomic E-state index is 0.144. The molecule has 1 heterocycles. The normalized spacial score (nSPS) is 10.7. The number of hydrogen-bond acceptors (Lipinski definition) is 8. The zero-order valence-electron chi connectivity index (χ0n) is 17.5. The topological polar surface area (TPSA) is 118 Å². The molecular formula is C22H21NO8. The Kier molecular flexibility index (Phi) is 6.24. The van der Waals surface area contributed by atoms with Gasteiger partial charge in [-0.1, -0.05) is 0 Å². The lowest BCUT2D eigenvalue weighted by atomic mass is 10.0. The van der Waals surface area contributed by atoms with E-state index in [-0.39, 0.29) is 30.3 Å². The molecule has 0 aliphatic heterocycles. The van der Waals surface area contributed by atoms with Crippen LogP contribution in [0, 0.1) is 24.0 Å². The number of methoxy groups -OCH3 is 1. The van der Waals surface area contributed by atoms with Crippen molar-refractivity contribution in [3.05, 3.63) is 73.1 Å². The summed E-state index contributed by atoms with van der Waals surface area (Å²) in [4.78, 5) is 35.4. The number of aryl methyl sites for hydroxylation is 2. The molecule has 0 saturated carbocycles. The number of carbonyl (C=O) groups excluding carboxylic acids is 1. The largest absolute Gasteiger partial charge is 0.493 e. The van der Waals surface area contributed by atoms with Crippen molar-refractivity contribution in [3.8, 4) is 11.5 Å². The van der Waals surface area contributed by atoms with Crippen molar-refractivity contribution in [2.24, 2.45) is 0 Å². The van der Waals surface area contributed by atoms with E-state index in [0.29, 0.717) is 16.5 Å². The van der Waals surface area contributed by atoms with Crippen LogP contribution in [0.15, 0.2) is 39.5 Å². The third kappa shape index (κ3) is 4.50. The molecule has 0 amide bonds. The zero-order valence-corrected chi connectivity index (χ0v) is 17.5. The van der Waals surface area contributed by atoms with Crippen molar-refractivity contribution in [1.82, 2.24) is 0 Å². The molecule has 0 N–H and O–H groups in total.